The number of carbonyl (C=O) groups excluding carboxylic acids is 1. The number of hydrogen-bond acceptors (Lipinski definition) is 3. The summed E-state index contributed by atoms with van der Waals surface area (Å²) in [7, 11) is 0. The quantitative estimate of drug-likeness (QED) is 0.726. The predicted octanol–water partition coefficient (Wildman–Crippen LogP) is 4.28. The second kappa shape index (κ2) is 7.56. The van der Waals surface area contributed by atoms with Gasteiger partial charge in [0.15, 0.2) is 0 Å². The van der Waals surface area contributed by atoms with Crippen LogP contribution in [0.3, 0.4) is 0 Å². The molecule has 2 aromatic carbocycles. The summed E-state index contributed by atoms with van der Waals surface area (Å²) in [5, 5.41) is 4.07. The monoisotopic (exact) mass is 365 g/mol. The Balaban J connectivity index is 1.47. The average molecular weight is 366 g/mol. The zero-order valence-electron chi connectivity index (χ0n) is 14.9. The van der Waals surface area contributed by atoms with E-state index in [2.05, 4.69) is 39.5 Å². The van der Waals surface area contributed by atoms with E-state index >= 15 is 0 Å². The number of thioether (sulfide) groups is 1. The molecule has 0 saturated carbocycles. The van der Waals surface area contributed by atoms with Crippen LogP contribution in [-0.4, -0.2) is 40.4 Å². The fourth-order valence-corrected chi connectivity index (χ4v) is 4.31. The highest BCUT2D eigenvalue weighted by molar-refractivity contribution is 7.99. The number of amides is 1. The zero-order valence-corrected chi connectivity index (χ0v) is 15.7. The Hall–Kier alpha value is -2.24. The van der Waals surface area contributed by atoms with Gasteiger partial charge in [0.25, 0.3) is 5.91 Å². The van der Waals surface area contributed by atoms with Crippen LogP contribution in [0.5, 0.6) is 0 Å². The Labute approximate surface area is 158 Å². The zero-order chi connectivity index (χ0) is 17.9. The van der Waals surface area contributed by atoms with Crippen molar-refractivity contribution in [2.75, 3.05) is 29.9 Å². The Bertz CT molecular complexity index is 928. The van der Waals surface area contributed by atoms with Crippen molar-refractivity contribution in [2.45, 2.75) is 13.5 Å². The summed E-state index contributed by atoms with van der Waals surface area (Å²) in [5.41, 5.74) is 4.83. The van der Waals surface area contributed by atoms with Crippen molar-refractivity contribution in [3.63, 3.8) is 0 Å². The molecule has 0 unspecified atom stereocenters. The summed E-state index contributed by atoms with van der Waals surface area (Å²) in [6, 6.07) is 16.2. The molecule has 1 aromatic heterocycles. The first-order valence-electron chi connectivity index (χ1n) is 8.97. The van der Waals surface area contributed by atoms with Crippen LogP contribution >= 0.6 is 11.8 Å². The number of aryl methyl sites for hydroxylation is 1. The maximum absolute atomic E-state index is 12.6. The van der Waals surface area contributed by atoms with Crippen LogP contribution in [0.1, 0.15) is 21.6 Å². The van der Waals surface area contributed by atoms with Crippen LogP contribution in [-0.2, 0) is 6.54 Å². The Morgan fingerprint density at radius 2 is 2.00 bits per heavy atom. The van der Waals surface area contributed by atoms with Gasteiger partial charge < -0.3 is 10.3 Å². The van der Waals surface area contributed by atoms with E-state index in [1.54, 1.807) is 0 Å². The minimum atomic E-state index is -0.106. The van der Waals surface area contributed by atoms with E-state index in [1.165, 1.54) is 22.6 Å². The standard InChI is InChI=1S/C21H23N3OS/c1-15-5-6-17-13-20(23-19(17)11-15)21(25)22-18-4-2-3-16(12-18)14-24-7-9-26-10-8-24/h2-6,11-13,23H,7-10,14H2,1H3,(H,22,25). The van der Waals surface area contributed by atoms with E-state index in [0.717, 1.165) is 36.2 Å². The summed E-state index contributed by atoms with van der Waals surface area (Å²) < 4.78 is 0. The lowest BCUT2D eigenvalue weighted by Crippen LogP contribution is -2.31. The molecule has 4 nitrogen and oxygen atoms in total. The number of aromatic nitrogens is 1. The first kappa shape index (κ1) is 17.2. The van der Waals surface area contributed by atoms with Gasteiger partial charge in [-0.05, 0) is 42.3 Å². The van der Waals surface area contributed by atoms with Crippen molar-refractivity contribution in [3.05, 3.63) is 65.4 Å². The Kier molecular flexibility index (Phi) is 5.00. The lowest BCUT2D eigenvalue weighted by atomic mass is 10.1. The molecule has 26 heavy (non-hydrogen) atoms. The minimum absolute atomic E-state index is 0.106. The molecule has 1 saturated heterocycles. The molecule has 5 heteroatoms. The highest BCUT2D eigenvalue weighted by Crippen LogP contribution is 2.19. The minimum Gasteiger partial charge on any atom is -0.351 e. The number of anilines is 1. The van der Waals surface area contributed by atoms with Gasteiger partial charge in [0.05, 0.1) is 0 Å². The van der Waals surface area contributed by atoms with Crippen molar-refractivity contribution in [2.24, 2.45) is 0 Å². The van der Waals surface area contributed by atoms with Crippen molar-refractivity contribution >= 4 is 34.3 Å². The number of benzene rings is 2. The van der Waals surface area contributed by atoms with Crippen LogP contribution in [0.15, 0.2) is 48.5 Å². The molecular formula is C21H23N3OS. The fourth-order valence-electron chi connectivity index (χ4n) is 3.33. The molecule has 0 radical (unpaired) electrons. The van der Waals surface area contributed by atoms with E-state index < -0.39 is 0 Å². The summed E-state index contributed by atoms with van der Waals surface area (Å²) in [5.74, 6) is 2.30. The molecule has 0 atom stereocenters. The van der Waals surface area contributed by atoms with Gasteiger partial charge in [-0.25, -0.2) is 0 Å². The lowest BCUT2D eigenvalue weighted by molar-refractivity contribution is 0.102. The normalized spacial score (nSPS) is 15.3. The third kappa shape index (κ3) is 3.94. The van der Waals surface area contributed by atoms with E-state index in [4.69, 9.17) is 0 Å². The van der Waals surface area contributed by atoms with E-state index in [9.17, 15) is 4.79 Å². The number of aromatic amines is 1. The highest BCUT2D eigenvalue weighted by atomic mass is 32.2. The molecule has 1 amide bonds. The third-order valence-electron chi connectivity index (χ3n) is 4.72. The fraction of sp³-hybridized carbons (Fsp3) is 0.286. The molecule has 0 bridgehead atoms. The SMILES string of the molecule is Cc1ccc2cc(C(=O)Nc3cccc(CN4CCSCC4)c3)[nH]c2c1. The number of hydrogen-bond donors (Lipinski definition) is 2. The lowest BCUT2D eigenvalue weighted by Gasteiger charge is -2.26. The molecular weight excluding hydrogens is 342 g/mol. The van der Waals surface area contributed by atoms with Crippen molar-refractivity contribution < 1.29 is 4.79 Å². The van der Waals surface area contributed by atoms with Crippen LogP contribution in [0.25, 0.3) is 10.9 Å². The van der Waals surface area contributed by atoms with Gasteiger partial charge in [-0.1, -0.05) is 24.3 Å². The molecule has 4 rings (SSSR count). The molecule has 0 aliphatic carbocycles. The number of fused-ring (bicyclic) bond motifs is 1. The van der Waals surface area contributed by atoms with E-state index in [-0.39, 0.29) is 5.91 Å². The Morgan fingerprint density at radius 1 is 1.15 bits per heavy atom. The summed E-state index contributed by atoms with van der Waals surface area (Å²) >= 11 is 2.02. The smallest absolute Gasteiger partial charge is 0.272 e. The van der Waals surface area contributed by atoms with Crippen molar-refractivity contribution in [1.29, 1.82) is 0 Å². The molecule has 2 heterocycles. The van der Waals surface area contributed by atoms with Crippen LogP contribution in [0.2, 0.25) is 0 Å². The van der Waals surface area contributed by atoms with Gasteiger partial charge in [-0.15, -0.1) is 0 Å². The summed E-state index contributed by atoms with van der Waals surface area (Å²) in [6.07, 6.45) is 0. The van der Waals surface area contributed by atoms with Crippen molar-refractivity contribution in [3.8, 4) is 0 Å². The van der Waals surface area contributed by atoms with Gasteiger partial charge in [0, 0.05) is 47.7 Å². The highest BCUT2D eigenvalue weighted by Gasteiger charge is 2.13. The summed E-state index contributed by atoms with van der Waals surface area (Å²) in [6.45, 7) is 5.26. The molecule has 1 aliphatic heterocycles. The number of rotatable bonds is 4. The predicted molar refractivity (Wildman–Crippen MR) is 110 cm³/mol. The molecule has 0 spiro atoms. The summed E-state index contributed by atoms with van der Waals surface area (Å²) in [4.78, 5) is 18.3. The second-order valence-corrected chi connectivity index (χ2v) is 8.04. The first-order valence-corrected chi connectivity index (χ1v) is 10.1. The number of H-pyrrole nitrogens is 1. The number of nitrogens with one attached hydrogen (secondary N) is 2. The molecule has 2 N–H and O–H groups in total. The molecule has 1 fully saturated rings. The Morgan fingerprint density at radius 3 is 2.85 bits per heavy atom. The molecule has 3 aromatic rings. The number of carbonyl (C=O) groups is 1. The second-order valence-electron chi connectivity index (χ2n) is 6.82. The van der Waals surface area contributed by atoms with Gasteiger partial charge in [0.1, 0.15) is 5.69 Å². The van der Waals surface area contributed by atoms with E-state index in [0.29, 0.717) is 5.69 Å². The maximum Gasteiger partial charge on any atom is 0.272 e. The topological polar surface area (TPSA) is 48.1 Å². The average Bonchev–Trinajstić information content (AvgIpc) is 3.06. The van der Waals surface area contributed by atoms with Gasteiger partial charge in [-0.2, -0.15) is 11.8 Å². The maximum atomic E-state index is 12.6. The molecule has 1 aliphatic rings. The van der Waals surface area contributed by atoms with Crippen LogP contribution in [0.4, 0.5) is 5.69 Å². The third-order valence-corrected chi connectivity index (χ3v) is 5.66. The van der Waals surface area contributed by atoms with Crippen molar-refractivity contribution in [1.82, 2.24) is 9.88 Å². The van der Waals surface area contributed by atoms with Crippen LogP contribution in [0, 0.1) is 6.92 Å². The molecule has 134 valence electrons. The largest absolute Gasteiger partial charge is 0.351 e. The van der Waals surface area contributed by atoms with Gasteiger partial charge in [-0.3, -0.25) is 9.69 Å². The first-order chi connectivity index (χ1) is 12.7. The van der Waals surface area contributed by atoms with Gasteiger partial charge >= 0.3 is 0 Å². The van der Waals surface area contributed by atoms with Crippen LogP contribution < -0.4 is 5.32 Å². The number of nitrogens with zero attached hydrogens (tertiary/aromatic N) is 1. The van der Waals surface area contributed by atoms with Gasteiger partial charge in [0.2, 0.25) is 0 Å². The van der Waals surface area contributed by atoms with E-state index in [1.807, 2.05) is 43.0 Å².